The molecule has 1 atom stereocenters. The van der Waals surface area contributed by atoms with Crippen molar-refractivity contribution in [2.75, 3.05) is 13.1 Å². The van der Waals surface area contributed by atoms with Gasteiger partial charge in [0, 0.05) is 6.54 Å². The standard InChI is InChI=1S/C20H19N3O5S/c1-13-7-9-14(10-8-13)20(2)18(25)22(19(26)21-20)11-12-23-17(24)15-5-3-4-6-16(15)29(23,27)28/h3-10H,11-12H2,1-2H3,(H,21,26)/t20-/m1/s1. The molecule has 2 aliphatic heterocycles. The van der Waals surface area contributed by atoms with Gasteiger partial charge in [-0.2, -0.15) is 0 Å². The van der Waals surface area contributed by atoms with Crippen molar-refractivity contribution in [2.24, 2.45) is 0 Å². The minimum atomic E-state index is -3.99. The van der Waals surface area contributed by atoms with Gasteiger partial charge in [-0.3, -0.25) is 14.5 Å². The highest BCUT2D eigenvalue weighted by molar-refractivity contribution is 7.90. The molecule has 2 aromatic rings. The van der Waals surface area contributed by atoms with E-state index in [4.69, 9.17) is 0 Å². The Labute approximate surface area is 168 Å². The Balaban J connectivity index is 1.55. The smallest absolute Gasteiger partial charge is 0.319 e. The molecule has 29 heavy (non-hydrogen) atoms. The summed E-state index contributed by atoms with van der Waals surface area (Å²) >= 11 is 0. The molecule has 9 heteroatoms. The zero-order chi connectivity index (χ0) is 21.0. The van der Waals surface area contributed by atoms with Crippen molar-refractivity contribution >= 4 is 27.9 Å². The summed E-state index contributed by atoms with van der Waals surface area (Å²) in [5.74, 6) is -1.15. The first-order valence-electron chi connectivity index (χ1n) is 9.03. The molecule has 0 bridgehead atoms. The molecule has 2 aliphatic rings. The molecule has 8 nitrogen and oxygen atoms in total. The summed E-state index contributed by atoms with van der Waals surface area (Å²) in [6, 6.07) is 12.5. The normalized spacial score (nSPS) is 22.8. The number of benzene rings is 2. The maximum Gasteiger partial charge on any atom is 0.325 e. The predicted octanol–water partition coefficient (Wildman–Crippen LogP) is 1.61. The third-order valence-electron chi connectivity index (χ3n) is 5.34. The number of carbonyl (C=O) groups is 3. The van der Waals surface area contributed by atoms with Crippen molar-refractivity contribution in [3.05, 3.63) is 65.2 Å². The average Bonchev–Trinajstić information content (AvgIpc) is 3.02. The molecule has 0 aromatic heterocycles. The maximum atomic E-state index is 13.0. The zero-order valence-electron chi connectivity index (χ0n) is 15.9. The van der Waals surface area contributed by atoms with Crippen LogP contribution in [0.2, 0.25) is 0 Å². The summed E-state index contributed by atoms with van der Waals surface area (Å²) in [5, 5.41) is 2.67. The monoisotopic (exact) mass is 413 g/mol. The molecule has 1 N–H and O–H groups in total. The average molecular weight is 413 g/mol. The number of fused-ring (bicyclic) bond motifs is 1. The van der Waals surface area contributed by atoms with Crippen LogP contribution in [0.5, 0.6) is 0 Å². The van der Waals surface area contributed by atoms with E-state index in [2.05, 4.69) is 5.32 Å². The lowest BCUT2D eigenvalue weighted by molar-refractivity contribution is -0.131. The largest absolute Gasteiger partial charge is 0.325 e. The third-order valence-corrected chi connectivity index (χ3v) is 7.18. The second kappa shape index (κ2) is 6.41. The summed E-state index contributed by atoms with van der Waals surface area (Å²) < 4.78 is 26.0. The van der Waals surface area contributed by atoms with Crippen LogP contribution < -0.4 is 5.32 Å². The number of nitrogens with one attached hydrogen (secondary N) is 1. The van der Waals surface area contributed by atoms with Crippen LogP contribution in [0.3, 0.4) is 0 Å². The fourth-order valence-electron chi connectivity index (χ4n) is 3.63. The third kappa shape index (κ3) is 2.80. The molecule has 4 amide bonds. The Morgan fingerprint density at radius 2 is 1.62 bits per heavy atom. The zero-order valence-corrected chi connectivity index (χ0v) is 16.7. The minimum Gasteiger partial charge on any atom is -0.319 e. The molecule has 0 aliphatic carbocycles. The number of hydrogen-bond donors (Lipinski definition) is 1. The van der Waals surface area contributed by atoms with Crippen molar-refractivity contribution in [3.63, 3.8) is 0 Å². The SMILES string of the molecule is Cc1ccc([C@@]2(C)NC(=O)N(CCN3C(=O)c4ccccc4S3(=O)=O)C2=O)cc1. The van der Waals surface area contributed by atoms with Crippen molar-refractivity contribution in [1.29, 1.82) is 0 Å². The molecule has 2 heterocycles. The Hall–Kier alpha value is -3.20. The van der Waals surface area contributed by atoms with Crippen molar-refractivity contribution < 1.29 is 22.8 Å². The summed E-state index contributed by atoms with van der Waals surface area (Å²) in [5.41, 5.74) is 0.487. The van der Waals surface area contributed by atoms with Crippen LogP contribution in [-0.2, 0) is 20.4 Å². The summed E-state index contributed by atoms with van der Waals surface area (Å²) in [4.78, 5) is 38.8. The first-order chi connectivity index (χ1) is 13.7. The number of urea groups is 1. The van der Waals surface area contributed by atoms with E-state index >= 15 is 0 Å². The molecule has 1 saturated heterocycles. The molecule has 0 radical (unpaired) electrons. The highest BCUT2D eigenvalue weighted by Crippen LogP contribution is 2.31. The lowest BCUT2D eigenvalue weighted by atomic mass is 9.91. The summed E-state index contributed by atoms with van der Waals surface area (Å²) in [6.07, 6.45) is 0. The number of rotatable bonds is 4. The number of sulfonamides is 1. The van der Waals surface area contributed by atoms with E-state index in [0.29, 0.717) is 9.87 Å². The van der Waals surface area contributed by atoms with Crippen LogP contribution in [0.25, 0.3) is 0 Å². The van der Waals surface area contributed by atoms with Gasteiger partial charge in [0.25, 0.3) is 21.8 Å². The quantitative estimate of drug-likeness (QED) is 0.767. The fraction of sp³-hybridized carbons (Fsp3) is 0.250. The lowest BCUT2D eigenvalue weighted by Crippen LogP contribution is -2.43. The minimum absolute atomic E-state index is 0.0632. The molecule has 150 valence electrons. The maximum absolute atomic E-state index is 13.0. The molecule has 2 aromatic carbocycles. The van der Waals surface area contributed by atoms with Crippen molar-refractivity contribution in [3.8, 4) is 0 Å². The number of carbonyl (C=O) groups excluding carboxylic acids is 3. The Morgan fingerprint density at radius 1 is 0.966 bits per heavy atom. The number of amides is 4. The van der Waals surface area contributed by atoms with Gasteiger partial charge in [0.15, 0.2) is 0 Å². The predicted molar refractivity (Wildman–Crippen MR) is 103 cm³/mol. The molecular weight excluding hydrogens is 394 g/mol. The van der Waals surface area contributed by atoms with Gasteiger partial charge in [0.05, 0.1) is 12.1 Å². The van der Waals surface area contributed by atoms with Crippen molar-refractivity contribution in [2.45, 2.75) is 24.3 Å². The Morgan fingerprint density at radius 3 is 2.28 bits per heavy atom. The van der Waals surface area contributed by atoms with E-state index in [0.717, 1.165) is 10.5 Å². The van der Waals surface area contributed by atoms with Crippen LogP contribution in [0.15, 0.2) is 53.4 Å². The molecule has 0 unspecified atom stereocenters. The van der Waals surface area contributed by atoms with Gasteiger partial charge in [-0.25, -0.2) is 17.5 Å². The Bertz CT molecular complexity index is 1140. The molecule has 0 saturated carbocycles. The van der Waals surface area contributed by atoms with Gasteiger partial charge < -0.3 is 5.32 Å². The van der Waals surface area contributed by atoms with Gasteiger partial charge in [-0.05, 0) is 31.5 Å². The van der Waals surface area contributed by atoms with Crippen LogP contribution in [0.1, 0.15) is 28.4 Å². The first kappa shape index (κ1) is 19.1. The highest BCUT2D eigenvalue weighted by atomic mass is 32.2. The van der Waals surface area contributed by atoms with Crippen molar-refractivity contribution in [1.82, 2.24) is 14.5 Å². The second-order valence-electron chi connectivity index (χ2n) is 7.26. The molecule has 1 fully saturated rings. The van der Waals surface area contributed by atoms with Crippen LogP contribution in [0, 0.1) is 6.92 Å². The van der Waals surface area contributed by atoms with Gasteiger partial charge in [-0.15, -0.1) is 0 Å². The number of imide groups is 1. The van der Waals surface area contributed by atoms with E-state index in [1.165, 1.54) is 18.2 Å². The van der Waals surface area contributed by atoms with E-state index in [1.54, 1.807) is 25.1 Å². The molecule has 0 spiro atoms. The van der Waals surface area contributed by atoms with Crippen LogP contribution in [0.4, 0.5) is 4.79 Å². The number of hydrogen-bond acceptors (Lipinski definition) is 5. The summed E-state index contributed by atoms with van der Waals surface area (Å²) in [6.45, 7) is 2.98. The van der Waals surface area contributed by atoms with Crippen LogP contribution >= 0.6 is 0 Å². The fourth-order valence-corrected chi connectivity index (χ4v) is 5.19. The van der Waals surface area contributed by atoms with Gasteiger partial charge in [0.1, 0.15) is 10.4 Å². The van der Waals surface area contributed by atoms with E-state index in [-0.39, 0.29) is 23.5 Å². The van der Waals surface area contributed by atoms with E-state index in [1.807, 2.05) is 19.1 Å². The number of nitrogens with zero attached hydrogens (tertiary/aromatic N) is 2. The second-order valence-corrected chi connectivity index (χ2v) is 9.09. The van der Waals surface area contributed by atoms with Gasteiger partial charge in [-0.1, -0.05) is 42.0 Å². The topological polar surface area (TPSA) is 104 Å². The van der Waals surface area contributed by atoms with Gasteiger partial charge in [0.2, 0.25) is 0 Å². The van der Waals surface area contributed by atoms with Crippen LogP contribution in [-0.4, -0.2) is 48.6 Å². The molecule has 4 rings (SSSR count). The number of aryl methyl sites for hydroxylation is 1. The first-order valence-corrected chi connectivity index (χ1v) is 10.5. The van der Waals surface area contributed by atoms with Gasteiger partial charge >= 0.3 is 6.03 Å². The van der Waals surface area contributed by atoms with E-state index < -0.39 is 33.4 Å². The van der Waals surface area contributed by atoms with E-state index in [9.17, 15) is 22.8 Å². The molecular formula is C20H19N3O5S. The lowest BCUT2D eigenvalue weighted by Gasteiger charge is -2.23. The Kier molecular flexibility index (Phi) is 4.23. The highest BCUT2D eigenvalue weighted by Gasteiger charge is 2.49. The summed E-state index contributed by atoms with van der Waals surface area (Å²) in [7, 11) is -3.99.